The van der Waals surface area contributed by atoms with E-state index in [-0.39, 0.29) is 25.7 Å². The summed E-state index contributed by atoms with van der Waals surface area (Å²) in [6, 6.07) is 0. The molecule has 0 bridgehead atoms. The minimum Gasteiger partial charge on any atom is -0.462 e. The Morgan fingerprint density at radius 1 is 0.269 bits per heavy atom. The van der Waals surface area contributed by atoms with E-state index in [0.29, 0.717) is 25.7 Å². The highest BCUT2D eigenvalue weighted by atomic mass is 31.2. The first-order valence-electron chi connectivity index (χ1n) is 41.7. The second-order valence-corrected chi connectivity index (χ2v) is 30.2. The van der Waals surface area contributed by atoms with E-state index in [4.69, 9.17) is 37.0 Å². The lowest BCUT2D eigenvalue weighted by molar-refractivity contribution is -0.161. The normalized spacial score (nSPS) is 14.6. The van der Waals surface area contributed by atoms with Crippen LogP contribution in [0.2, 0.25) is 0 Å². The van der Waals surface area contributed by atoms with Gasteiger partial charge in [-0.3, -0.25) is 37.3 Å². The molecule has 0 heterocycles. The number of esters is 4. The van der Waals surface area contributed by atoms with Crippen molar-refractivity contribution in [3.8, 4) is 0 Å². The van der Waals surface area contributed by atoms with Crippen LogP contribution in [-0.4, -0.2) is 96.7 Å². The van der Waals surface area contributed by atoms with Gasteiger partial charge in [0, 0.05) is 25.7 Å². The summed E-state index contributed by atoms with van der Waals surface area (Å²) >= 11 is 0. The minimum atomic E-state index is -5.00. The Balaban J connectivity index is 5.45. The lowest BCUT2D eigenvalue weighted by Crippen LogP contribution is -2.30. The van der Waals surface area contributed by atoms with Crippen molar-refractivity contribution in [3.05, 3.63) is 158 Å². The van der Waals surface area contributed by atoms with E-state index in [1.807, 2.05) is 0 Å². The molecule has 0 aliphatic heterocycles. The molecule has 0 rings (SSSR count). The number of phosphoric ester groups is 2. The van der Waals surface area contributed by atoms with Crippen molar-refractivity contribution in [2.75, 3.05) is 39.6 Å². The average Bonchev–Trinajstić information content (AvgIpc) is 0.923. The Bertz CT molecular complexity index is 2660. The SMILES string of the molecule is CC/C=C\C/C=C\C/C=C\C/C=C\C/C=C\CCCCCC(=O)OC[C@H](COP(=O)(O)OC[C@@H](O)COP(=O)(O)OC[C@@H](COC(=O)CCCCC/C=C\C/C=C\C/C=C\C/C=C\C/C=C\CC)OC(=O)CCCCCCC/C=C\CCCCCCCC)OC(=O)CCCCCCC/C=C\C/C=C\CCCCC. The van der Waals surface area contributed by atoms with Crippen LogP contribution in [0.25, 0.3) is 0 Å². The third kappa shape index (κ3) is 78.8. The summed E-state index contributed by atoms with van der Waals surface area (Å²) in [6.07, 6.45) is 93.5. The van der Waals surface area contributed by atoms with Gasteiger partial charge in [0.2, 0.25) is 0 Å². The molecule has 2 unspecified atom stereocenters. The van der Waals surface area contributed by atoms with Crippen molar-refractivity contribution in [3.63, 3.8) is 0 Å². The van der Waals surface area contributed by atoms with Gasteiger partial charge in [0.1, 0.15) is 19.3 Å². The van der Waals surface area contributed by atoms with Gasteiger partial charge in [-0.05, 0) is 173 Å². The molecule has 0 spiro atoms. The minimum absolute atomic E-state index is 0.0659. The maximum atomic E-state index is 13.1. The molecule has 0 radical (unpaired) electrons. The standard InChI is InChI=1S/C89H148O17P2/c1-5-9-13-17-21-25-29-33-37-39-41-43-47-49-53-57-61-65-69-73-86(91)99-79-84(105-88(93)75-71-67-63-59-55-51-45-35-31-27-23-19-15-11-7-3)81-103-107(95,96)101-77-83(90)78-102-108(97,98)104-82-85(106-89(94)76-72-68-64-60-56-52-46-36-32-28-24-20-16-12-8-4)80-100-87(92)74-70-66-62-58-54-50-48-44-42-40-38-34-30-26-22-18-14-10-6-2/h9-10,13-14,21-23,25-27,33-38,41-46,49-50,53-54,83-85,90H,5-8,11-12,15-20,24,28-32,39-40,47-48,51-52,55-82H2,1-4H3,(H,95,96)(H,97,98)/b13-9-,14-10-,25-21-,26-22-,27-23-,37-33-,38-34-,43-41-,44-42-,45-35-,46-36-,53-49-,54-50-/t83-,84-,85-/m1/s1. The molecule has 0 aliphatic rings. The van der Waals surface area contributed by atoms with E-state index in [2.05, 4.69) is 186 Å². The molecule has 616 valence electrons. The van der Waals surface area contributed by atoms with Crippen LogP contribution in [-0.2, 0) is 65.4 Å². The first kappa shape index (κ1) is 103. The predicted molar refractivity (Wildman–Crippen MR) is 445 cm³/mol. The third-order valence-corrected chi connectivity index (χ3v) is 18.9. The number of ether oxygens (including phenoxy) is 4. The zero-order chi connectivity index (χ0) is 78.9. The Morgan fingerprint density at radius 2 is 0.481 bits per heavy atom. The van der Waals surface area contributed by atoms with Gasteiger partial charge in [0.25, 0.3) is 0 Å². The zero-order valence-corrected chi connectivity index (χ0v) is 69.3. The van der Waals surface area contributed by atoms with E-state index in [1.165, 1.54) is 57.8 Å². The molecule has 17 nitrogen and oxygen atoms in total. The van der Waals surface area contributed by atoms with E-state index in [9.17, 15) is 43.2 Å². The van der Waals surface area contributed by atoms with Crippen LogP contribution in [0.5, 0.6) is 0 Å². The number of carbonyl (C=O) groups is 4. The first-order chi connectivity index (χ1) is 52.7. The molecule has 108 heavy (non-hydrogen) atoms. The van der Waals surface area contributed by atoms with Crippen LogP contribution in [0.1, 0.15) is 323 Å². The van der Waals surface area contributed by atoms with Gasteiger partial charge in [-0.15, -0.1) is 0 Å². The predicted octanol–water partition coefficient (Wildman–Crippen LogP) is 24.8. The van der Waals surface area contributed by atoms with Crippen LogP contribution in [0.4, 0.5) is 0 Å². The summed E-state index contributed by atoms with van der Waals surface area (Å²) in [7, 11) is -10.00. The molecule has 0 saturated heterocycles. The number of aliphatic hydroxyl groups excluding tert-OH is 1. The van der Waals surface area contributed by atoms with Crippen molar-refractivity contribution in [1.82, 2.24) is 0 Å². The number of allylic oxidation sites excluding steroid dienone is 26. The Hall–Kier alpha value is -5.32. The smallest absolute Gasteiger partial charge is 0.462 e. The highest BCUT2D eigenvalue weighted by Crippen LogP contribution is 2.45. The van der Waals surface area contributed by atoms with Crippen LogP contribution in [0.3, 0.4) is 0 Å². The van der Waals surface area contributed by atoms with Crippen LogP contribution in [0.15, 0.2) is 158 Å². The molecule has 3 N–H and O–H groups in total. The quantitative estimate of drug-likeness (QED) is 0.0169. The largest absolute Gasteiger partial charge is 0.472 e. The van der Waals surface area contributed by atoms with Crippen molar-refractivity contribution >= 4 is 39.5 Å². The number of phosphoric acid groups is 2. The topological polar surface area (TPSA) is 237 Å². The maximum Gasteiger partial charge on any atom is 0.472 e. The summed E-state index contributed by atoms with van der Waals surface area (Å²) in [5, 5.41) is 10.7. The number of hydrogen-bond acceptors (Lipinski definition) is 15. The molecule has 0 saturated carbocycles. The Labute approximate surface area is 655 Å². The molecule has 5 atom stereocenters. The van der Waals surface area contributed by atoms with Crippen molar-refractivity contribution in [1.29, 1.82) is 0 Å². The van der Waals surface area contributed by atoms with E-state index >= 15 is 0 Å². The van der Waals surface area contributed by atoms with E-state index in [0.717, 1.165) is 186 Å². The molecule has 0 aromatic rings. The summed E-state index contributed by atoms with van der Waals surface area (Å²) in [5.74, 6) is -2.28. The highest BCUT2D eigenvalue weighted by molar-refractivity contribution is 7.47. The molecule has 0 aromatic carbocycles. The van der Waals surface area contributed by atoms with Crippen LogP contribution >= 0.6 is 15.6 Å². The Kier molecular flexibility index (Phi) is 75.8. The molecule has 0 aliphatic carbocycles. The zero-order valence-electron chi connectivity index (χ0n) is 67.5. The second-order valence-electron chi connectivity index (χ2n) is 27.3. The van der Waals surface area contributed by atoms with Crippen LogP contribution < -0.4 is 0 Å². The molecule has 0 aromatic heterocycles. The molecule has 19 heteroatoms. The second kappa shape index (κ2) is 79.8. The summed E-state index contributed by atoms with van der Waals surface area (Å²) < 4.78 is 68.7. The fourth-order valence-electron chi connectivity index (χ4n) is 10.7. The van der Waals surface area contributed by atoms with Gasteiger partial charge in [-0.1, -0.05) is 282 Å². The number of rotatable bonds is 77. The van der Waals surface area contributed by atoms with Gasteiger partial charge in [0.05, 0.1) is 26.4 Å². The van der Waals surface area contributed by atoms with Gasteiger partial charge in [-0.25, -0.2) is 9.13 Å². The summed E-state index contributed by atoms with van der Waals surface area (Å²) in [4.78, 5) is 73.2. The average molecular weight is 1550 g/mol. The third-order valence-electron chi connectivity index (χ3n) is 17.0. The summed E-state index contributed by atoms with van der Waals surface area (Å²) in [6.45, 7) is 4.53. The van der Waals surface area contributed by atoms with Gasteiger partial charge >= 0.3 is 39.5 Å². The molecular weight excluding hydrogens is 1400 g/mol. The highest BCUT2D eigenvalue weighted by Gasteiger charge is 2.30. The van der Waals surface area contributed by atoms with E-state index in [1.54, 1.807) is 0 Å². The van der Waals surface area contributed by atoms with Gasteiger partial charge in [0.15, 0.2) is 12.2 Å². The van der Waals surface area contributed by atoms with Crippen molar-refractivity contribution in [2.24, 2.45) is 0 Å². The lowest BCUT2D eigenvalue weighted by atomic mass is 10.1. The van der Waals surface area contributed by atoms with E-state index < -0.39 is 97.5 Å². The fourth-order valence-corrected chi connectivity index (χ4v) is 12.2. The van der Waals surface area contributed by atoms with Crippen LogP contribution in [0, 0.1) is 0 Å². The monoisotopic (exact) mass is 1550 g/mol. The maximum absolute atomic E-state index is 13.1. The lowest BCUT2D eigenvalue weighted by Gasteiger charge is -2.21. The van der Waals surface area contributed by atoms with Crippen molar-refractivity contribution in [2.45, 2.75) is 341 Å². The Morgan fingerprint density at radius 3 is 0.778 bits per heavy atom. The number of unbranched alkanes of at least 4 members (excludes halogenated alkanes) is 25. The number of hydrogen-bond donors (Lipinski definition) is 3. The van der Waals surface area contributed by atoms with Gasteiger partial charge in [-0.2, -0.15) is 0 Å². The van der Waals surface area contributed by atoms with Crippen molar-refractivity contribution < 1.29 is 80.2 Å². The number of carbonyl (C=O) groups excluding carboxylic acids is 4. The number of aliphatic hydroxyl groups is 1. The molecular formula is C89H148O17P2. The molecule has 0 amide bonds. The summed E-state index contributed by atoms with van der Waals surface area (Å²) in [5.41, 5.74) is 0. The fraction of sp³-hybridized carbons (Fsp3) is 0.663. The first-order valence-corrected chi connectivity index (χ1v) is 44.7. The molecule has 0 fully saturated rings. The van der Waals surface area contributed by atoms with Gasteiger partial charge < -0.3 is 33.8 Å².